The van der Waals surface area contributed by atoms with Crippen molar-refractivity contribution < 1.29 is 14.3 Å². The van der Waals surface area contributed by atoms with E-state index in [0.717, 1.165) is 66.6 Å². The molecule has 3 aromatic carbocycles. The Bertz CT molecular complexity index is 1360. The van der Waals surface area contributed by atoms with E-state index in [1.807, 2.05) is 79.0 Å². The molecule has 190 valence electrons. The fraction of sp³-hybridized carbons (Fsp3) is 0.267. The molecule has 7 nitrogen and oxygen atoms in total. The minimum atomic E-state index is -0.284. The zero-order valence-electron chi connectivity index (χ0n) is 20.8. The zero-order valence-corrected chi connectivity index (χ0v) is 20.8. The first-order chi connectivity index (χ1) is 18.2. The minimum Gasteiger partial charge on any atom is -0.410 e. The molecule has 1 fully saturated rings. The summed E-state index contributed by atoms with van der Waals surface area (Å²) in [6, 6.07) is 22.9. The van der Waals surface area contributed by atoms with Crippen molar-refractivity contribution in [2.75, 3.05) is 25.0 Å². The molecule has 37 heavy (non-hydrogen) atoms. The van der Waals surface area contributed by atoms with Crippen molar-refractivity contribution in [3.8, 4) is 5.75 Å². The van der Waals surface area contributed by atoms with Crippen LogP contribution in [0, 0.1) is 0 Å². The summed E-state index contributed by atoms with van der Waals surface area (Å²) in [5.41, 5.74) is 4.29. The van der Waals surface area contributed by atoms with E-state index in [1.165, 1.54) is 0 Å². The molecule has 1 aromatic heterocycles. The van der Waals surface area contributed by atoms with Crippen LogP contribution >= 0.6 is 0 Å². The molecule has 3 N–H and O–H groups in total. The summed E-state index contributed by atoms with van der Waals surface area (Å²) in [7, 11) is 0. The van der Waals surface area contributed by atoms with Crippen LogP contribution in [-0.4, -0.2) is 41.5 Å². The topological polar surface area (TPSA) is 86.5 Å². The van der Waals surface area contributed by atoms with E-state index in [9.17, 15) is 9.59 Å². The van der Waals surface area contributed by atoms with Crippen LogP contribution in [0.3, 0.4) is 0 Å². The van der Waals surface area contributed by atoms with Crippen LogP contribution in [0.25, 0.3) is 10.9 Å². The summed E-state index contributed by atoms with van der Waals surface area (Å²) in [6.07, 6.45) is 6.67. The number of anilines is 2. The van der Waals surface area contributed by atoms with Crippen molar-refractivity contribution >= 4 is 34.3 Å². The molecular weight excluding hydrogens is 464 g/mol. The Kier molecular flexibility index (Phi) is 7.69. The van der Waals surface area contributed by atoms with Gasteiger partial charge in [0.25, 0.3) is 5.91 Å². The highest BCUT2D eigenvalue weighted by Gasteiger charge is 2.18. The van der Waals surface area contributed by atoms with Crippen molar-refractivity contribution in [2.45, 2.75) is 32.1 Å². The lowest BCUT2D eigenvalue weighted by Gasteiger charge is -2.19. The number of aromatic amines is 1. The van der Waals surface area contributed by atoms with Crippen molar-refractivity contribution in [1.82, 2.24) is 15.2 Å². The van der Waals surface area contributed by atoms with Crippen LogP contribution < -0.4 is 15.4 Å². The summed E-state index contributed by atoms with van der Waals surface area (Å²) in [5.74, 6) is 0.401. The average Bonchev–Trinajstić information content (AvgIpc) is 3.12. The Labute approximate surface area is 216 Å². The Morgan fingerprint density at radius 1 is 0.892 bits per heavy atom. The number of nitrogens with one attached hydrogen (secondary N) is 3. The largest absolute Gasteiger partial charge is 0.415 e. The van der Waals surface area contributed by atoms with Gasteiger partial charge in [-0.2, -0.15) is 0 Å². The third-order valence-electron chi connectivity index (χ3n) is 6.71. The highest BCUT2D eigenvalue weighted by Crippen LogP contribution is 2.25. The molecule has 1 aliphatic rings. The molecule has 0 unspecified atom stereocenters. The van der Waals surface area contributed by atoms with Gasteiger partial charge in [-0.15, -0.1) is 0 Å². The normalized spacial score (nSPS) is 13.7. The molecule has 0 atom stereocenters. The van der Waals surface area contributed by atoms with Gasteiger partial charge in [-0.3, -0.25) is 4.79 Å². The predicted molar refractivity (Wildman–Crippen MR) is 147 cm³/mol. The van der Waals surface area contributed by atoms with Crippen molar-refractivity contribution in [1.29, 1.82) is 0 Å². The van der Waals surface area contributed by atoms with Gasteiger partial charge in [0.2, 0.25) is 0 Å². The third-order valence-corrected chi connectivity index (χ3v) is 6.71. The summed E-state index contributed by atoms with van der Waals surface area (Å²) >= 11 is 0. The zero-order chi connectivity index (χ0) is 25.5. The monoisotopic (exact) mass is 496 g/mol. The van der Waals surface area contributed by atoms with E-state index in [1.54, 1.807) is 4.90 Å². The second-order valence-electron chi connectivity index (χ2n) is 9.33. The number of carbonyl (C=O) groups is 2. The standard InChI is InChI=1S/C30H32N4O3/c35-29(25-12-6-7-13-28(25)33-23-10-4-3-5-11-23)31-17-16-22-21-32-27-15-14-24(20-26(22)27)37-30(36)34-18-8-1-2-9-19-34/h3-7,10-15,20-21,32-33H,1-2,8-9,16-19H2,(H,31,35). The van der Waals surface area contributed by atoms with E-state index >= 15 is 0 Å². The van der Waals surface area contributed by atoms with Gasteiger partial charge in [0.05, 0.1) is 11.3 Å². The SMILES string of the molecule is O=C(NCCc1c[nH]c2ccc(OC(=O)N3CCCCCC3)cc12)c1ccccc1Nc1ccccc1. The molecule has 0 spiro atoms. The second kappa shape index (κ2) is 11.6. The molecule has 4 aromatic rings. The first-order valence-corrected chi connectivity index (χ1v) is 12.9. The van der Waals surface area contributed by atoms with Crippen LogP contribution in [0.4, 0.5) is 16.2 Å². The minimum absolute atomic E-state index is 0.133. The Morgan fingerprint density at radius 2 is 1.65 bits per heavy atom. The molecule has 1 saturated heterocycles. The van der Waals surface area contributed by atoms with Gasteiger partial charge in [0.1, 0.15) is 5.75 Å². The van der Waals surface area contributed by atoms with Crippen molar-refractivity contribution in [3.05, 3.63) is 90.1 Å². The fourth-order valence-corrected chi connectivity index (χ4v) is 4.72. The van der Waals surface area contributed by atoms with Crippen LogP contribution in [0.5, 0.6) is 5.75 Å². The smallest absolute Gasteiger partial charge is 0.410 e. The number of amides is 2. The molecule has 1 aliphatic heterocycles. The number of benzene rings is 3. The second-order valence-corrected chi connectivity index (χ2v) is 9.33. The first kappa shape index (κ1) is 24.4. The number of carbonyl (C=O) groups excluding carboxylic acids is 2. The van der Waals surface area contributed by atoms with Gasteiger partial charge in [-0.1, -0.05) is 43.2 Å². The molecule has 0 bridgehead atoms. The number of rotatable bonds is 7. The Balaban J connectivity index is 1.21. The number of para-hydroxylation sites is 2. The van der Waals surface area contributed by atoms with Gasteiger partial charge < -0.3 is 25.3 Å². The van der Waals surface area contributed by atoms with Gasteiger partial charge in [-0.25, -0.2) is 4.79 Å². The van der Waals surface area contributed by atoms with E-state index in [0.29, 0.717) is 24.3 Å². The number of hydrogen-bond donors (Lipinski definition) is 3. The molecule has 2 amide bonds. The maximum absolute atomic E-state index is 13.0. The van der Waals surface area contributed by atoms with E-state index in [-0.39, 0.29) is 12.0 Å². The summed E-state index contributed by atoms with van der Waals surface area (Å²) < 4.78 is 5.70. The maximum Gasteiger partial charge on any atom is 0.415 e. The number of hydrogen-bond acceptors (Lipinski definition) is 4. The third kappa shape index (κ3) is 6.12. The van der Waals surface area contributed by atoms with E-state index < -0.39 is 0 Å². The van der Waals surface area contributed by atoms with Gasteiger partial charge in [-0.05, 0) is 67.3 Å². The number of H-pyrrole nitrogens is 1. The van der Waals surface area contributed by atoms with Crippen LogP contribution in [0.1, 0.15) is 41.6 Å². The Morgan fingerprint density at radius 3 is 2.46 bits per heavy atom. The number of aromatic nitrogens is 1. The number of ether oxygens (including phenoxy) is 1. The van der Waals surface area contributed by atoms with Gasteiger partial charge in [0.15, 0.2) is 0 Å². The maximum atomic E-state index is 13.0. The molecule has 0 aliphatic carbocycles. The first-order valence-electron chi connectivity index (χ1n) is 12.9. The summed E-state index contributed by atoms with van der Waals surface area (Å²) in [6.45, 7) is 1.98. The molecule has 0 saturated carbocycles. The van der Waals surface area contributed by atoms with Crippen LogP contribution in [-0.2, 0) is 6.42 Å². The van der Waals surface area contributed by atoms with Gasteiger partial charge >= 0.3 is 6.09 Å². The van der Waals surface area contributed by atoms with Gasteiger partial charge in [0, 0.05) is 42.4 Å². The van der Waals surface area contributed by atoms with Crippen LogP contribution in [0.2, 0.25) is 0 Å². The van der Waals surface area contributed by atoms with E-state index in [4.69, 9.17) is 4.74 Å². The van der Waals surface area contributed by atoms with Crippen molar-refractivity contribution in [3.63, 3.8) is 0 Å². The molecule has 5 rings (SSSR count). The molecule has 0 radical (unpaired) electrons. The summed E-state index contributed by atoms with van der Waals surface area (Å²) in [4.78, 5) is 30.7. The number of fused-ring (bicyclic) bond motifs is 1. The fourth-order valence-electron chi connectivity index (χ4n) is 4.72. The lowest BCUT2D eigenvalue weighted by molar-refractivity contribution is 0.0955. The molecule has 2 heterocycles. The number of likely N-dealkylation sites (tertiary alicyclic amines) is 1. The quantitative estimate of drug-likeness (QED) is 0.282. The highest BCUT2D eigenvalue weighted by atomic mass is 16.6. The summed E-state index contributed by atoms with van der Waals surface area (Å²) in [5, 5.41) is 7.35. The molecule has 7 heteroatoms. The lowest BCUT2D eigenvalue weighted by Crippen LogP contribution is -2.34. The average molecular weight is 497 g/mol. The highest BCUT2D eigenvalue weighted by molar-refractivity contribution is 6.00. The van der Waals surface area contributed by atoms with Crippen molar-refractivity contribution in [2.24, 2.45) is 0 Å². The molecular formula is C30H32N4O3. The predicted octanol–water partition coefficient (Wildman–Crippen LogP) is 6.26. The van der Waals surface area contributed by atoms with E-state index in [2.05, 4.69) is 15.6 Å². The number of nitrogens with zero attached hydrogens (tertiary/aromatic N) is 1. The van der Waals surface area contributed by atoms with Crippen LogP contribution in [0.15, 0.2) is 79.0 Å². The Hall–Kier alpha value is -4.26. The lowest BCUT2D eigenvalue weighted by atomic mass is 10.1.